The van der Waals surface area contributed by atoms with Crippen LogP contribution in [0.1, 0.15) is 36.7 Å². The third kappa shape index (κ3) is 3.07. The van der Waals surface area contributed by atoms with E-state index in [9.17, 15) is 0 Å². The molecule has 4 heterocycles. The summed E-state index contributed by atoms with van der Waals surface area (Å²) in [6.45, 7) is 1.90. The molecule has 1 atom stereocenters. The molecule has 0 aromatic carbocycles. The van der Waals surface area contributed by atoms with E-state index in [2.05, 4.69) is 21.0 Å². The smallest absolute Gasteiger partial charge is 0.155 e. The summed E-state index contributed by atoms with van der Waals surface area (Å²) >= 11 is 5.93. The summed E-state index contributed by atoms with van der Waals surface area (Å²) in [7, 11) is 0. The maximum Gasteiger partial charge on any atom is 0.155 e. The van der Waals surface area contributed by atoms with Crippen LogP contribution < -0.4 is 0 Å². The number of hydrogen-bond acceptors (Lipinski definition) is 4. The van der Waals surface area contributed by atoms with E-state index in [1.54, 1.807) is 16.9 Å². The van der Waals surface area contributed by atoms with Gasteiger partial charge >= 0.3 is 0 Å². The van der Waals surface area contributed by atoms with Gasteiger partial charge in [0.1, 0.15) is 0 Å². The second kappa shape index (κ2) is 6.26. The molecule has 3 aromatic heterocycles. The predicted molar refractivity (Wildman–Crippen MR) is 89.2 cm³/mol. The van der Waals surface area contributed by atoms with Crippen molar-refractivity contribution in [3.05, 3.63) is 59.3 Å². The minimum atomic E-state index is 0.334. The minimum Gasteiger partial charge on any atom is -0.289 e. The maximum absolute atomic E-state index is 5.93. The zero-order valence-corrected chi connectivity index (χ0v) is 13.5. The van der Waals surface area contributed by atoms with Gasteiger partial charge in [-0.05, 0) is 37.6 Å². The predicted octanol–water partition coefficient (Wildman–Crippen LogP) is 3.50. The number of rotatable bonds is 3. The van der Waals surface area contributed by atoms with E-state index in [0.29, 0.717) is 11.1 Å². The lowest BCUT2D eigenvalue weighted by Gasteiger charge is -2.35. The lowest BCUT2D eigenvalue weighted by atomic mass is 9.99. The third-order valence-electron chi connectivity index (χ3n) is 4.39. The Kier molecular flexibility index (Phi) is 3.97. The fourth-order valence-electron chi connectivity index (χ4n) is 3.24. The Hall–Kier alpha value is -1.98. The Labute approximate surface area is 139 Å². The first-order valence-corrected chi connectivity index (χ1v) is 8.32. The molecule has 1 aliphatic rings. The third-order valence-corrected chi connectivity index (χ3v) is 4.61. The van der Waals surface area contributed by atoms with Crippen LogP contribution in [0.25, 0.3) is 5.65 Å². The summed E-state index contributed by atoms with van der Waals surface area (Å²) in [6.07, 6.45) is 9.07. The van der Waals surface area contributed by atoms with Crippen molar-refractivity contribution in [2.24, 2.45) is 0 Å². The molecule has 6 heteroatoms. The highest BCUT2D eigenvalue weighted by Gasteiger charge is 2.25. The van der Waals surface area contributed by atoms with Crippen LogP contribution in [-0.4, -0.2) is 31.0 Å². The molecule has 0 amide bonds. The first-order chi connectivity index (χ1) is 11.3. The van der Waals surface area contributed by atoms with Gasteiger partial charge in [-0.15, -0.1) is 0 Å². The molecule has 1 aliphatic heterocycles. The Morgan fingerprint density at radius 1 is 1.17 bits per heavy atom. The molecular weight excluding hydrogens is 310 g/mol. The Morgan fingerprint density at radius 2 is 2.13 bits per heavy atom. The van der Waals surface area contributed by atoms with E-state index >= 15 is 0 Å². The maximum atomic E-state index is 5.93. The number of halogens is 1. The minimum absolute atomic E-state index is 0.334. The van der Waals surface area contributed by atoms with E-state index in [4.69, 9.17) is 16.6 Å². The van der Waals surface area contributed by atoms with Crippen molar-refractivity contribution in [3.63, 3.8) is 0 Å². The second-order valence-corrected chi connectivity index (χ2v) is 6.37. The first-order valence-electron chi connectivity index (χ1n) is 7.94. The van der Waals surface area contributed by atoms with Crippen molar-refractivity contribution in [1.29, 1.82) is 0 Å². The number of fused-ring (bicyclic) bond motifs is 1. The number of pyridine rings is 1. The Morgan fingerprint density at radius 3 is 3.00 bits per heavy atom. The molecule has 23 heavy (non-hydrogen) atoms. The molecule has 3 aromatic rings. The van der Waals surface area contributed by atoms with Crippen LogP contribution in [0.15, 0.2) is 42.9 Å². The number of hydrogen-bond donors (Lipinski definition) is 0. The summed E-state index contributed by atoms with van der Waals surface area (Å²) in [4.78, 5) is 11.7. The van der Waals surface area contributed by atoms with E-state index < -0.39 is 0 Å². The van der Waals surface area contributed by atoms with Crippen LogP contribution in [0, 0.1) is 0 Å². The van der Waals surface area contributed by atoms with Gasteiger partial charge in [0.2, 0.25) is 0 Å². The molecule has 1 unspecified atom stereocenters. The molecule has 4 rings (SSSR count). The molecule has 5 nitrogen and oxygen atoms in total. The van der Waals surface area contributed by atoms with E-state index in [1.165, 1.54) is 12.8 Å². The summed E-state index contributed by atoms with van der Waals surface area (Å²) in [5.41, 5.74) is 3.07. The van der Waals surface area contributed by atoms with Crippen LogP contribution in [0.4, 0.5) is 0 Å². The number of piperidine rings is 1. The highest BCUT2D eigenvalue weighted by atomic mass is 35.5. The summed E-state index contributed by atoms with van der Waals surface area (Å²) < 4.78 is 1.80. The van der Waals surface area contributed by atoms with E-state index in [1.807, 2.05) is 24.4 Å². The van der Waals surface area contributed by atoms with Gasteiger partial charge in [-0.25, -0.2) is 9.50 Å². The van der Waals surface area contributed by atoms with Gasteiger partial charge < -0.3 is 0 Å². The van der Waals surface area contributed by atoms with Gasteiger partial charge in [-0.2, -0.15) is 5.10 Å². The van der Waals surface area contributed by atoms with Gasteiger partial charge in [0.15, 0.2) is 5.65 Å². The van der Waals surface area contributed by atoms with Gasteiger partial charge in [-0.3, -0.25) is 9.88 Å². The van der Waals surface area contributed by atoms with Crippen molar-refractivity contribution in [3.8, 4) is 0 Å². The second-order valence-electron chi connectivity index (χ2n) is 5.94. The number of likely N-dealkylation sites (tertiary alicyclic amines) is 1. The van der Waals surface area contributed by atoms with E-state index in [-0.39, 0.29) is 0 Å². The number of aromatic nitrogens is 4. The van der Waals surface area contributed by atoms with Crippen molar-refractivity contribution >= 4 is 17.2 Å². The quantitative estimate of drug-likeness (QED) is 0.738. The van der Waals surface area contributed by atoms with Crippen LogP contribution in [-0.2, 0) is 6.54 Å². The molecule has 118 valence electrons. The molecule has 1 saturated heterocycles. The lowest BCUT2D eigenvalue weighted by Crippen LogP contribution is -2.33. The summed E-state index contributed by atoms with van der Waals surface area (Å²) in [5, 5.41) is 4.90. The first kappa shape index (κ1) is 14.6. The molecule has 1 fully saturated rings. The van der Waals surface area contributed by atoms with Crippen molar-refractivity contribution in [2.75, 3.05) is 6.54 Å². The SMILES string of the molecule is Clc1ccc(CN2CCCCC2c2ccn3nccc3n2)nc1. The van der Waals surface area contributed by atoms with Gasteiger partial charge in [0.25, 0.3) is 0 Å². The van der Waals surface area contributed by atoms with Gasteiger partial charge in [-0.1, -0.05) is 18.0 Å². The highest BCUT2D eigenvalue weighted by Crippen LogP contribution is 2.31. The Balaban J connectivity index is 1.60. The van der Waals surface area contributed by atoms with Crippen molar-refractivity contribution in [2.45, 2.75) is 31.8 Å². The summed E-state index contributed by atoms with van der Waals surface area (Å²) in [5.74, 6) is 0. The molecule has 0 N–H and O–H groups in total. The topological polar surface area (TPSA) is 46.3 Å². The fourth-order valence-corrected chi connectivity index (χ4v) is 3.35. The molecule has 0 bridgehead atoms. The summed E-state index contributed by atoms with van der Waals surface area (Å²) in [6, 6.07) is 8.26. The van der Waals surface area contributed by atoms with Gasteiger partial charge in [0.05, 0.1) is 28.6 Å². The van der Waals surface area contributed by atoms with E-state index in [0.717, 1.165) is 36.5 Å². The van der Waals surface area contributed by atoms with Crippen LogP contribution in [0.3, 0.4) is 0 Å². The Bertz CT molecular complexity index is 798. The molecule has 0 saturated carbocycles. The average Bonchev–Trinajstić information content (AvgIpc) is 3.05. The molecular formula is C17H18ClN5. The monoisotopic (exact) mass is 327 g/mol. The van der Waals surface area contributed by atoms with Crippen molar-refractivity contribution in [1.82, 2.24) is 24.5 Å². The molecule has 0 spiro atoms. The molecule has 0 radical (unpaired) electrons. The zero-order valence-electron chi connectivity index (χ0n) is 12.8. The van der Waals surface area contributed by atoms with Crippen LogP contribution in [0.2, 0.25) is 5.02 Å². The van der Waals surface area contributed by atoms with Crippen molar-refractivity contribution < 1.29 is 0 Å². The fraction of sp³-hybridized carbons (Fsp3) is 0.353. The standard InChI is InChI=1S/C17H18ClN5/c18-13-4-5-14(19-11-13)12-22-9-2-1-3-16(22)15-7-10-23-17(21-15)6-8-20-23/h4-8,10-11,16H,1-3,9,12H2. The average molecular weight is 328 g/mol. The zero-order chi connectivity index (χ0) is 15.6. The van der Waals surface area contributed by atoms with Crippen LogP contribution in [0.5, 0.6) is 0 Å². The highest BCUT2D eigenvalue weighted by molar-refractivity contribution is 6.30. The normalized spacial score (nSPS) is 19.3. The number of nitrogens with zero attached hydrogens (tertiary/aromatic N) is 5. The largest absolute Gasteiger partial charge is 0.289 e. The van der Waals surface area contributed by atoms with Crippen LogP contribution >= 0.6 is 11.6 Å². The van der Waals surface area contributed by atoms with Gasteiger partial charge in [0, 0.05) is 25.0 Å². The lowest BCUT2D eigenvalue weighted by molar-refractivity contribution is 0.135. The molecule has 0 aliphatic carbocycles.